The third-order valence-electron chi connectivity index (χ3n) is 3.78. The van der Waals surface area contributed by atoms with E-state index in [0.717, 1.165) is 11.0 Å². The van der Waals surface area contributed by atoms with E-state index in [0.29, 0.717) is 38.9 Å². The Bertz CT molecular complexity index is 1080. The molecular weight excluding hydrogens is 373 g/mol. The Morgan fingerprint density at radius 2 is 1.77 bits per heavy atom. The summed E-state index contributed by atoms with van der Waals surface area (Å²) in [4.78, 5) is 16.6. The number of H-pyrrole nitrogens is 1. The number of aromatic amines is 1. The average molecular weight is 386 g/mol. The highest BCUT2D eigenvalue weighted by atomic mass is 35.5. The first-order chi connectivity index (χ1) is 12.7. The molecule has 8 heteroatoms. The van der Waals surface area contributed by atoms with Gasteiger partial charge in [0.1, 0.15) is 17.2 Å². The quantitative estimate of drug-likeness (QED) is 0.512. The normalized spacial score (nSPS) is 10.9. The van der Waals surface area contributed by atoms with Crippen molar-refractivity contribution in [1.29, 1.82) is 0 Å². The number of hydrogen-bond acceptors (Lipinski definition) is 5. The first-order valence-electron chi connectivity index (χ1n) is 7.73. The molecular formula is C18H13Cl2N5O. The molecule has 6 nitrogen and oxygen atoms in total. The summed E-state index contributed by atoms with van der Waals surface area (Å²) >= 11 is 12.6. The zero-order chi connectivity index (χ0) is 18.1. The van der Waals surface area contributed by atoms with E-state index in [1.165, 1.54) is 0 Å². The Kier molecular flexibility index (Phi) is 4.36. The average Bonchev–Trinajstić information content (AvgIpc) is 3.06. The first kappa shape index (κ1) is 16.6. The lowest BCUT2D eigenvalue weighted by molar-refractivity contribution is 0.398. The zero-order valence-electron chi connectivity index (χ0n) is 13.6. The van der Waals surface area contributed by atoms with Crippen LogP contribution in [0, 0.1) is 0 Å². The molecule has 0 saturated carbocycles. The molecule has 0 radical (unpaired) electrons. The van der Waals surface area contributed by atoms with Crippen molar-refractivity contribution in [3.63, 3.8) is 0 Å². The monoisotopic (exact) mass is 385 g/mol. The number of nitrogens with one attached hydrogen (secondary N) is 2. The van der Waals surface area contributed by atoms with Crippen molar-refractivity contribution in [1.82, 2.24) is 19.9 Å². The maximum Gasteiger partial charge on any atom is 0.214 e. The first-order valence-corrected chi connectivity index (χ1v) is 8.48. The maximum atomic E-state index is 6.29. The molecule has 0 aliphatic heterocycles. The van der Waals surface area contributed by atoms with E-state index >= 15 is 0 Å². The molecule has 0 amide bonds. The van der Waals surface area contributed by atoms with Crippen LogP contribution in [0.15, 0.2) is 48.7 Å². The molecule has 0 bridgehead atoms. The van der Waals surface area contributed by atoms with Crippen LogP contribution in [0.1, 0.15) is 0 Å². The third kappa shape index (κ3) is 3.05. The fraction of sp³-hybridized carbons (Fsp3) is 0.0556. The molecule has 4 rings (SSSR count). The van der Waals surface area contributed by atoms with Gasteiger partial charge in [0, 0.05) is 12.3 Å². The van der Waals surface area contributed by atoms with Gasteiger partial charge in [-0.25, -0.2) is 9.97 Å². The summed E-state index contributed by atoms with van der Waals surface area (Å²) in [6.07, 6.45) is 1.67. The van der Waals surface area contributed by atoms with E-state index in [4.69, 9.17) is 27.9 Å². The highest BCUT2D eigenvalue weighted by Gasteiger charge is 2.15. The van der Waals surface area contributed by atoms with Gasteiger partial charge in [-0.05, 0) is 24.3 Å². The van der Waals surface area contributed by atoms with Crippen LogP contribution in [0.4, 0.5) is 11.6 Å². The van der Waals surface area contributed by atoms with Gasteiger partial charge in [0.2, 0.25) is 5.88 Å². The van der Waals surface area contributed by atoms with Gasteiger partial charge >= 0.3 is 0 Å². The summed E-state index contributed by atoms with van der Waals surface area (Å²) in [5, 5.41) is 4.22. The summed E-state index contributed by atoms with van der Waals surface area (Å²) < 4.78 is 5.15. The molecule has 130 valence electrons. The Hall–Kier alpha value is -2.83. The Labute approximate surface area is 159 Å². The SMILES string of the molecule is COc1cccc(Nc2nccc3nc(-c4c(Cl)cccc4Cl)[nH]c23)n1. The number of benzene rings is 1. The Balaban J connectivity index is 1.79. The van der Waals surface area contributed by atoms with Crippen LogP contribution in [-0.2, 0) is 0 Å². The van der Waals surface area contributed by atoms with Crippen molar-refractivity contribution in [2.45, 2.75) is 0 Å². The maximum absolute atomic E-state index is 6.29. The number of anilines is 2. The standard InChI is InChI=1S/C18H13Cl2N5O/c1-26-14-7-3-6-13(23-14)24-18-16-12(8-9-21-18)22-17(25-16)15-10(19)4-2-5-11(15)20/h2-9H,1H3,(H,22,25)(H,21,23,24). The summed E-state index contributed by atoms with van der Waals surface area (Å²) in [5.74, 6) is 2.28. The van der Waals surface area contributed by atoms with Crippen molar-refractivity contribution < 1.29 is 4.74 Å². The minimum absolute atomic E-state index is 0.510. The highest BCUT2D eigenvalue weighted by molar-refractivity contribution is 6.39. The Morgan fingerprint density at radius 3 is 2.54 bits per heavy atom. The number of methoxy groups -OCH3 is 1. The topological polar surface area (TPSA) is 75.7 Å². The second kappa shape index (κ2) is 6.82. The van der Waals surface area contributed by atoms with Gasteiger partial charge in [-0.1, -0.05) is 35.3 Å². The van der Waals surface area contributed by atoms with Crippen LogP contribution in [0.3, 0.4) is 0 Å². The largest absolute Gasteiger partial charge is 0.481 e. The van der Waals surface area contributed by atoms with Crippen LogP contribution < -0.4 is 10.1 Å². The molecule has 26 heavy (non-hydrogen) atoms. The van der Waals surface area contributed by atoms with Crippen molar-refractivity contribution >= 4 is 45.9 Å². The predicted molar refractivity (Wildman–Crippen MR) is 103 cm³/mol. The number of nitrogens with zero attached hydrogens (tertiary/aromatic N) is 3. The second-order valence-corrected chi connectivity index (χ2v) is 6.24. The van der Waals surface area contributed by atoms with E-state index in [1.54, 1.807) is 37.6 Å². The van der Waals surface area contributed by atoms with Gasteiger partial charge in [0.15, 0.2) is 5.82 Å². The van der Waals surface area contributed by atoms with E-state index in [-0.39, 0.29) is 0 Å². The molecule has 0 spiro atoms. The predicted octanol–water partition coefficient (Wildman–Crippen LogP) is 5.08. The molecule has 0 atom stereocenters. The minimum Gasteiger partial charge on any atom is -0.481 e. The van der Waals surface area contributed by atoms with E-state index in [1.807, 2.05) is 18.2 Å². The fourth-order valence-corrected chi connectivity index (χ4v) is 3.17. The molecule has 2 N–H and O–H groups in total. The molecule has 0 fully saturated rings. The van der Waals surface area contributed by atoms with Crippen LogP contribution in [0.2, 0.25) is 10.0 Å². The fourth-order valence-electron chi connectivity index (χ4n) is 2.59. The van der Waals surface area contributed by atoms with Gasteiger partial charge < -0.3 is 15.0 Å². The van der Waals surface area contributed by atoms with Gasteiger partial charge in [0.05, 0.1) is 28.2 Å². The van der Waals surface area contributed by atoms with Gasteiger partial charge in [-0.3, -0.25) is 0 Å². The number of aromatic nitrogens is 4. The summed E-state index contributed by atoms with van der Waals surface area (Å²) in [6.45, 7) is 0. The van der Waals surface area contributed by atoms with Crippen molar-refractivity contribution in [3.8, 4) is 17.3 Å². The number of ether oxygens (including phenoxy) is 1. The molecule has 0 unspecified atom stereocenters. The minimum atomic E-state index is 0.510. The lowest BCUT2D eigenvalue weighted by Gasteiger charge is -2.06. The van der Waals surface area contributed by atoms with E-state index in [2.05, 4.69) is 25.3 Å². The van der Waals surface area contributed by atoms with Gasteiger partial charge in [-0.2, -0.15) is 4.98 Å². The van der Waals surface area contributed by atoms with Crippen LogP contribution in [0.25, 0.3) is 22.4 Å². The molecule has 3 heterocycles. The summed E-state index contributed by atoms with van der Waals surface area (Å²) in [7, 11) is 1.57. The number of imidazole rings is 1. The third-order valence-corrected chi connectivity index (χ3v) is 4.41. The van der Waals surface area contributed by atoms with Crippen LogP contribution in [0.5, 0.6) is 5.88 Å². The summed E-state index contributed by atoms with van der Waals surface area (Å²) in [5.41, 5.74) is 2.11. The molecule has 0 aliphatic rings. The molecule has 0 aliphatic carbocycles. The number of rotatable bonds is 4. The van der Waals surface area contributed by atoms with Crippen molar-refractivity contribution in [2.75, 3.05) is 12.4 Å². The summed E-state index contributed by atoms with van der Waals surface area (Å²) in [6, 6.07) is 12.6. The van der Waals surface area contributed by atoms with Gasteiger partial charge in [-0.15, -0.1) is 0 Å². The highest BCUT2D eigenvalue weighted by Crippen LogP contribution is 2.34. The zero-order valence-corrected chi connectivity index (χ0v) is 15.1. The second-order valence-electron chi connectivity index (χ2n) is 5.43. The number of pyridine rings is 2. The lowest BCUT2D eigenvalue weighted by Crippen LogP contribution is -1.98. The number of hydrogen-bond donors (Lipinski definition) is 2. The van der Waals surface area contributed by atoms with E-state index < -0.39 is 0 Å². The van der Waals surface area contributed by atoms with Crippen molar-refractivity contribution in [2.24, 2.45) is 0 Å². The van der Waals surface area contributed by atoms with E-state index in [9.17, 15) is 0 Å². The molecule has 4 aromatic rings. The Morgan fingerprint density at radius 1 is 1.00 bits per heavy atom. The number of fused-ring (bicyclic) bond motifs is 1. The van der Waals surface area contributed by atoms with Gasteiger partial charge in [0.25, 0.3) is 0 Å². The molecule has 0 saturated heterocycles. The lowest BCUT2D eigenvalue weighted by atomic mass is 10.2. The molecule has 3 aromatic heterocycles. The van der Waals surface area contributed by atoms with Crippen LogP contribution >= 0.6 is 23.2 Å². The smallest absolute Gasteiger partial charge is 0.214 e. The van der Waals surface area contributed by atoms with Crippen molar-refractivity contribution in [3.05, 3.63) is 58.7 Å². The number of halogens is 2. The molecule has 1 aromatic carbocycles. The van der Waals surface area contributed by atoms with Crippen LogP contribution in [-0.4, -0.2) is 27.0 Å².